The Morgan fingerprint density at radius 1 is 1.59 bits per heavy atom. The molecule has 1 saturated heterocycles. The second-order valence-corrected chi connectivity index (χ2v) is 5.13. The van der Waals surface area contributed by atoms with Crippen LogP contribution in [0, 0.1) is 12.3 Å². The number of hydrogen-bond donors (Lipinski definition) is 1. The lowest BCUT2D eigenvalue weighted by atomic mass is 9.78. The molecule has 2 N–H and O–H groups in total. The van der Waals surface area contributed by atoms with Crippen molar-refractivity contribution in [1.29, 1.82) is 0 Å². The van der Waals surface area contributed by atoms with Crippen LogP contribution < -0.4 is 5.73 Å². The molecule has 17 heavy (non-hydrogen) atoms. The van der Waals surface area contributed by atoms with Gasteiger partial charge in [0.1, 0.15) is 0 Å². The Hall–Kier alpha value is -0.870. The summed E-state index contributed by atoms with van der Waals surface area (Å²) in [6, 6.07) is 2.18. The van der Waals surface area contributed by atoms with Gasteiger partial charge in [-0.2, -0.15) is 5.10 Å². The second kappa shape index (κ2) is 5.19. The van der Waals surface area contributed by atoms with Crippen molar-refractivity contribution in [1.82, 2.24) is 9.78 Å². The summed E-state index contributed by atoms with van der Waals surface area (Å²) in [4.78, 5) is 0. The highest BCUT2D eigenvalue weighted by Gasteiger charge is 2.32. The Morgan fingerprint density at radius 3 is 3.00 bits per heavy atom. The predicted octanol–water partition coefficient (Wildman–Crippen LogP) is 1.51. The minimum Gasteiger partial charge on any atom is -0.381 e. The van der Waals surface area contributed by atoms with E-state index in [1.54, 1.807) is 0 Å². The van der Waals surface area contributed by atoms with Gasteiger partial charge in [0.2, 0.25) is 0 Å². The third-order valence-electron chi connectivity index (χ3n) is 3.68. The average molecular weight is 237 g/mol. The number of ether oxygens (including phenoxy) is 1. The molecule has 1 aromatic heterocycles. The van der Waals surface area contributed by atoms with Crippen LogP contribution in [0.3, 0.4) is 0 Å². The van der Waals surface area contributed by atoms with Gasteiger partial charge in [0.05, 0.1) is 12.3 Å². The van der Waals surface area contributed by atoms with Crippen LogP contribution in [0.15, 0.2) is 6.07 Å². The molecule has 2 rings (SSSR count). The molecule has 1 aliphatic rings. The molecule has 0 saturated carbocycles. The zero-order valence-electron chi connectivity index (χ0n) is 10.9. The molecule has 1 atom stereocenters. The van der Waals surface area contributed by atoms with E-state index in [1.807, 2.05) is 6.92 Å². The van der Waals surface area contributed by atoms with Crippen LogP contribution in [0.1, 0.15) is 31.2 Å². The Morgan fingerprint density at radius 2 is 2.41 bits per heavy atom. The van der Waals surface area contributed by atoms with Gasteiger partial charge >= 0.3 is 0 Å². The molecule has 4 nitrogen and oxygen atoms in total. The highest BCUT2D eigenvalue weighted by atomic mass is 16.5. The first kappa shape index (κ1) is 12.6. The number of nitrogens with two attached hydrogens (primary N) is 1. The van der Waals surface area contributed by atoms with E-state index in [9.17, 15) is 0 Å². The van der Waals surface area contributed by atoms with Gasteiger partial charge in [0.25, 0.3) is 0 Å². The van der Waals surface area contributed by atoms with Gasteiger partial charge in [-0.05, 0) is 39.2 Å². The summed E-state index contributed by atoms with van der Waals surface area (Å²) >= 11 is 0. The number of aromatic nitrogens is 2. The van der Waals surface area contributed by atoms with E-state index >= 15 is 0 Å². The number of nitrogens with zero attached hydrogens (tertiary/aromatic N) is 2. The average Bonchev–Trinajstić information content (AvgIpc) is 2.70. The molecule has 0 aromatic carbocycles. The van der Waals surface area contributed by atoms with Crippen molar-refractivity contribution >= 4 is 0 Å². The zero-order chi connectivity index (χ0) is 12.3. The van der Waals surface area contributed by atoms with Gasteiger partial charge < -0.3 is 10.5 Å². The fourth-order valence-corrected chi connectivity index (χ4v) is 2.68. The van der Waals surface area contributed by atoms with Crippen molar-refractivity contribution in [3.63, 3.8) is 0 Å². The van der Waals surface area contributed by atoms with Gasteiger partial charge in [-0.1, -0.05) is 0 Å². The smallest absolute Gasteiger partial charge is 0.0596 e. The first-order valence-electron chi connectivity index (χ1n) is 6.50. The minimum atomic E-state index is 0.123. The molecular weight excluding hydrogens is 214 g/mol. The highest BCUT2D eigenvalue weighted by molar-refractivity contribution is 5.12. The summed E-state index contributed by atoms with van der Waals surface area (Å²) in [5, 5.41) is 4.50. The van der Waals surface area contributed by atoms with Crippen LogP contribution in [0.2, 0.25) is 0 Å². The zero-order valence-corrected chi connectivity index (χ0v) is 10.9. The minimum absolute atomic E-state index is 0.123. The topological polar surface area (TPSA) is 53.1 Å². The molecule has 1 unspecified atom stereocenters. The number of aryl methyl sites for hydroxylation is 2. The molecule has 0 radical (unpaired) electrons. The van der Waals surface area contributed by atoms with Crippen molar-refractivity contribution in [3.05, 3.63) is 17.5 Å². The van der Waals surface area contributed by atoms with Crippen LogP contribution in [0.25, 0.3) is 0 Å². The van der Waals surface area contributed by atoms with Crippen molar-refractivity contribution in [2.24, 2.45) is 11.1 Å². The lowest BCUT2D eigenvalue weighted by Crippen LogP contribution is -2.41. The summed E-state index contributed by atoms with van der Waals surface area (Å²) in [7, 11) is 0. The van der Waals surface area contributed by atoms with E-state index in [2.05, 4.69) is 22.8 Å². The molecule has 0 aliphatic carbocycles. The Kier molecular flexibility index (Phi) is 3.84. The number of hydrogen-bond acceptors (Lipinski definition) is 3. The van der Waals surface area contributed by atoms with Crippen LogP contribution in [0.4, 0.5) is 0 Å². The van der Waals surface area contributed by atoms with Crippen LogP contribution >= 0.6 is 0 Å². The second-order valence-electron chi connectivity index (χ2n) is 5.13. The van der Waals surface area contributed by atoms with E-state index in [4.69, 9.17) is 10.5 Å². The lowest BCUT2D eigenvalue weighted by molar-refractivity contribution is -0.00361. The summed E-state index contributed by atoms with van der Waals surface area (Å²) < 4.78 is 7.70. The van der Waals surface area contributed by atoms with E-state index in [1.165, 1.54) is 5.69 Å². The number of rotatable bonds is 4. The van der Waals surface area contributed by atoms with Gasteiger partial charge in [-0.15, -0.1) is 0 Å². The van der Waals surface area contributed by atoms with Crippen molar-refractivity contribution in [2.75, 3.05) is 19.8 Å². The normalized spacial score (nSPS) is 25.1. The van der Waals surface area contributed by atoms with Crippen molar-refractivity contribution in [3.8, 4) is 0 Å². The first-order valence-corrected chi connectivity index (χ1v) is 6.50. The van der Waals surface area contributed by atoms with Crippen LogP contribution in [-0.2, 0) is 17.7 Å². The maximum Gasteiger partial charge on any atom is 0.0596 e. The predicted molar refractivity (Wildman–Crippen MR) is 67.9 cm³/mol. The summed E-state index contributed by atoms with van der Waals surface area (Å²) in [5.74, 6) is 0. The van der Waals surface area contributed by atoms with Gasteiger partial charge in [-0.3, -0.25) is 4.68 Å². The van der Waals surface area contributed by atoms with Gasteiger partial charge in [0, 0.05) is 30.8 Å². The van der Waals surface area contributed by atoms with Crippen molar-refractivity contribution < 1.29 is 4.74 Å². The molecule has 0 bridgehead atoms. The third-order valence-corrected chi connectivity index (χ3v) is 3.68. The van der Waals surface area contributed by atoms with E-state index < -0.39 is 0 Å². The highest BCUT2D eigenvalue weighted by Crippen LogP contribution is 2.31. The molecule has 96 valence electrons. The molecule has 0 spiro atoms. The maximum atomic E-state index is 5.97. The van der Waals surface area contributed by atoms with Crippen LogP contribution in [-0.4, -0.2) is 29.5 Å². The van der Waals surface area contributed by atoms with Crippen LogP contribution in [0.5, 0.6) is 0 Å². The monoisotopic (exact) mass is 237 g/mol. The summed E-state index contributed by atoms with van der Waals surface area (Å²) in [5.41, 5.74) is 8.48. The molecule has 2 heterocycles. The first-order chi connectivity index (χ1) is 8.19. The standard InChI is InChI=1S/C13H23N3O/c1-3-16-12(7-11(2)15-16)8-13(9-14)5-4-6-17-10-13/h7H,3-6,8-10,14H2,1-2H3. The molecule has 0 amide bonds. The van der Waals surface area contributed by atoms with Gasteiger partial charge in [-0.25, -0.2) is 0 Å². The fraction of sp³-hybridized carbons (Fsp3) is 0.769. The molecular formula is C13H23N3O. The van der Waals surface area contributed by atoms with Crippen molar-refractivity contribution in [2.45, 2.75) is 39.7 Å². The molecule has 1 aliphatic heterocycles. The SMILES string of the molecule is CCn1nc(C)cc1CC1(CN)CCCOC1. The Bertz CT molecular complexity index is 367. The van der Waals surface area contributed by atoms with E-state index in [-0.39, 0.29) is 5.41 Å². The fourth-order valence-electron chi connectivity index (χ4n) is 2.68. The Labute approximate surface area is 103 Å². The molecule has 1 aromatic rings. The summed E-state index contributed by atoms with van der Waals surface area (Å²) in [6.45, 7) is 7.46. The quantitative estimate of drug-likeness (QED) is 0.863. The molecule has 4 heteroatoms. The summed E-state index contributed by atoms with van der Waals surface area (Å²) in [6.07, 6.45) is 3.27. The largest absolute Gasteiger partial charge is 0.381 e. The van der Waals surface area contributed by atoms with E-state index in [0.29, 0.717) is 6.54 Å². The molecule has 1 fully saturated rings. The lowest BCUT2D eigenvalue weighted by Gasteiger charge is -2.36. The van der Waals surface area contributed by atoms with E-state index in [0.717, 1.165) is 44.7 Å². The Balaban J connectivity index is 2.16. The maximum absolute atomic E-state index is 5.97. The van der Waals surface area contributed by atoms with Gasteiger partial charge in [0.15, 0.2) is 0 Å². The third kappa shape index (κ3) is 2.69.